The highest BCUT2D eigenvalue weighted by atomic mass is 16.4. The van der Waals surface area contributed by atoms with Crippen LogP contribution in [-0.4, -0.2) is 34.5 Å². The van der Waals surface area contributed by atoms with Crippen molar-refractivity contribution in [2.75, 3.05) is 6.54 Å². The second-order valence-corrected chi connectivity index (χ2v) is 6.59. The van der Waals surface area contributed by atoms with Crippen molar-refractivity contribution in [1.29, 1.82) is 0 Å². The fraction of sp³-hybridized carbons (Fsp3) is 0.333. The molecule has 0 aromatic heterocycles. The van der Waals surface area contributed by atoms with E-state index < -0.39 is 5.97 Å². The van der Waals surface area contributed by atoms with Gasteiger partial charge in [-0.15, -0.1) is 0 Å². The van der Waals surface area contributed by atoms with Crippen molar-refractivity contribution in [2.45, 2.75) is 38.1 Å². The minimum absolute atomic E-state index is 0.138. The Kier molecular flexibility index (Phi) is 5.49. The van der Waals surface area contributed by atoms with Crippen LogP contribution >= 0.6 is 0 Å². The molecule has 1 atom stereocenters. The summed E-state index contributed by atoms with van der Waals surface area (Å²) in [6.45, 7) is 0.825. The van der Waals surface area contributed by atoms with Gasteiger partial charge in [-0.1, -0.05) is 42.5 Å². The molecule has 4 heteroatoms. The van der Waals surface area contributed by atoms with Crippen LogP contribution in [0, 0.1) is 0 Å². The van der Waals surface area contributed by atoms with E-state index in [9.17, 15) is 9.59 Å². The molecule has 2 aromatic carbocycles. The molecule has 1 heterocycles. The van der Waals surface area contributed by atoms with Gasteiger partial charge in [0.1, 0.15) is 0 Å². The zero-order valence-electron chi connectivity index (χ0n) is 14.2. The highest BCUT2D eigenvalue weighted by Gasteiger charge is 2.28. The number of rotatable bonds is 6. The summed E-state index contributed by atoms with van der Waals surface area (Å²) in [6.07, 6.45) is 4.44. The molecule has 25 heavy (non-hydrogen) atoms. The van der Waals surface area contributed by atoms with Crippen LogP contribution in [0.1, 0.15) is 40.7 Å². The molecule has 1 unspecified atom stereocenters. The molecule has 0 saturated carbocycles. The van der Waals surface area contributed by atoms with Crippen molar-refractivity contribution < 1.29 is 14.7 Å². The zero-order chi connectivity index (χ0) is 17.6. The lowest BCUT2D eigenvalue weighted by atomic mass is 10.0. The first kappa shape index (κ1) is 17.2. The number of aromatic carboxylic acids is 1. The molecule has 4 nitrogen and oxygen atoms in total. The molecule has 1 fully saturated rings. The van der Waals surface area contributed by atoms with Gasteiger partial charge in [-0.2, -0.15) is 0 Å². The van der Waals surface area contributed by atoms with E-state index in [1.165, 1.54) is 5.56 Å². The van der Waals surface area contributed by atoms with Crippen LogP contribution in [0.5, 0.6) is 0 Å². The van der Waals surface area contributed by atoms with E-state index in [1.807, 2.05) is 23.1 Å². The summed E-state index contributed by atoms with van der Waals surface area (Å²) in [5, 5.41) is 8.94. The largest absolute Gasteiger partial charge is 0.478 e. The van der Waals surface area contributed by atoms with Crippen molar-refractivity contribution in [2.24, 2.45) is 0 Å². The van der Waals surface area contributed by atoms with Gasteiger partial charge < -0.3 is 10.0 Å². The number of hydrogen-bond acceptors (Lipinski definition) is 2. The second-order valence-electron chi connectivity index (χ2n) is 6.59. The average molecular weight is 337 g/mol. The number of carbonyl (C=O) groups is 2. The minimum atomic E-state index is -0.946. The van der Waals surface area contributed by atoms with E-state index in [0.29, 0.717) is 12.5 Å². The Morgan fingerprint density at radius 1 is 1.00 bits per heavy atom. The van der Waals surface area contributed by atoms with E-state index in [-0.39, 0.29) is 11.5 Å². The molecule has 0 bridgehead atoms. The van der Waals surface area contributed by atoms with Crippen molar-refractivity contribution in [3.05, 3.63) is 71.3 Å². The molecular formula is C21H23NO3. The first-order chi connectivity index (χ1) is 12.1. The van der Waals surface area contributed by atoms with Gasteiger partial charge in [-0.25, -0.2) is 4.79 Å². The average Bonchev–Trinajstić information content (AvgIpc) is 3.10. The third-order valence-corrected chi connectivity index (χ3v) is 4.86. The standard InChI is InChI=1S/C21H23NO3/c23-20(15-17-8-11-18(12-9-17)21(24)25)22-14-4-7-19(22)13-10-16-5-2-1-3-6-16/h1-3,5-6,8-9,11-12,19H,4,7,10,13-15H2,(H,24,25). The second kappa shape index (κ2) is 7.97. The SMILES string of the molecule is O=C(O)c1ccc(CC(=O)N2CCCC2CCc2ccccc2)cc1. The van der Waals surface area contributed by atoms with Gasteiger partial charge in [-0.3, -0.25) is 4.79 Å². The third-order valence-electron chi connectivity index (χ3n) is 4.86. The van der Waals surface area contributed by atoms with Gasteiger partial charge in [0.15, 0.2) is 0 Å². The van der Waals surface area contributed by atoms with Crippen molar-refractivity contribution >= 4 is 11.9 Å². The molecule has 1 aliphatic heterocycles. The number of likely N-dealkylation sites (tertiary alicyclic amines) is 1. The van der Waals surface area contributed by atoms with Crippen LogP contribution in [-0.2, 0) is 17.6 Å². The first-order valence-corrected chi connectivity index (χ1v) is 8.79. The smallest absolute Gasteiger partial charge is 0.335 e. The number of aryl methyl sites for hydroxylation is 1. The topological polar surface area (TPSA) is 57.6 Å². The van der Waals surface area contributed by atoms with Gasteiger partial charge in [0.2, 0.25) is 5.91 Å². The van der Waals surface area contributed by atoms with Gasteiger partial charge in [0, 0.05) is 12.6 Å². The molecule has 0 spiro atoms. The summed E-state index contributed by atoms with van der Waals surface area (Å²) in [4.78, 5) is 25.6. The highest BCUT2D eigenvalue weighted by molar-refractivity contribution is 5.87. The van der Waals surface area contributed by atoms with Crippen LogP contribution < -0.4 is 0 Å². The predicted octanol–water partition coefficient (Wildman–Crippen LogP) is 3.55. The molecule has 2 aromatic rings. The number of carboxylic acid groups (broad SMARTS) is 1. The van der Waals surface area contributed by atoms with Crippen LogP contribution in [0.2, 0.25) is 0 Å². The van der Waals surface area contributed by atoms with E-state index in [4.69, 9.17) is 5.11 Å². The summed E-state index contributed by atoms with van der Waals surface area (Å²) >= 11 is 0. The Morgan fingerprint density at radius 3 is 2.40 bits per heavy atom. The zero-order valence-corrected chi connectivity index (χ0v) is 14.2. The number of amides is 1. The quantitative estimate of drug-likeness (QED) is 0.877. The molecule has 1 N–H and O–H groups in total. The number of benzene rings is 2. The molecule has 1 amide bonds. The Bertz CT molecular complexity index is 725. The van der Waals surface area contributed by atoms with Crippen LogP contribution in [0.15, 0.2) is 54.6 Å². The van der Waals surface area contributed by atoms with Crippen molar-refractivity contribution in [3.63, 3.8) is 0 Å². The third kappa shape index (κ3) is 4.47. The lowest BCUT2D eigenvalue weighted by molar-refractivity contribution is -0.131. The Morgan fingerprint density at radius 2 is 1.72 bits per heavy atom. The first-order valence-electron chi connectivity index (χ1n) is 8.79. The Hall–Kier alpha value is -2.62. The lowest BCUT2D eigenvalue weighted by Crippen LogP contribution is -2.36. The number of nitrogens with zero attached hydrogens (tertiary/aromatic N) is 1. The summed E-state index contributed by atoms with van der Waals surface area (Å²) < 4.78 is 0. The van der Waals surface area contributed by atoms with Gasteiger partial charge >= 0.3 is 5.97 Å². The van der Waals surface area contributed by atoms with Crippen LogP contribution in [0.25, 0.3) is 0 Å². The summed E-state index contributed by atoms with van der Waals surface area (Å²) in [7, 11) is 0. The maximum atomic E-state index is 12.7. The van der Waals surface area contributed by atoms with Gasteiger partial charge in [-0.05, 0) is 48.9 Å². The lowest BCUT2D eigenvalue weighted by Gasteiger charge is -2.25. The van der Waals surface area contributed by atoms with E-state index in [1.54, 1.807) is 24.3 Å². The molecular weight excluding hydrogens is 314 g/mol. The van der Waals surface area contributed by atoms with Gasteiger partial charge in [0.25, 0.3) is 0 Å². The fourth-order valence-corrected chi connectivity index (χ4v) is 3.48. The fourth-order valence-electron chi connectivity index (χ4n) is 3.48. The Labute approximate surface area is 148 Å². The summed E-state index contributed by atoms with van der Waals surface area (Å²) in [5.74, 6) is -0.808. The highest BCUT2D eigenvalue weighted by Crippen LogP contribution is 2.23. The van der Waals surface area contributed by atoms with E-state index in [0.717, 1.165) is 37.8 Å². The molecule has 1 aliphatic rings. The number of carboxylic acids is 1. The maximum Gasteiger partial charge on any atom is 0.335 e. The Balaban J connectivity index is 1.57. The summed E-state index contributed by atoms with van der Waals surface area (Å²) in [5.41, 5.74) is 2.42. The van der Waals surface area contributed by atoms with Crippen molar-refractivity contribution in [3.8, 4) is 0 Å². The number of hydrogen-bond donors (Lipinski definition) is 1. The molecule has 0 aliphatic carbocycles. The molecule has 3 rings (SSSR count). The van der Waals surface area contributed by atoms with E-state index >= 15 is 0 Å². The normalized spacial score (nSPS) is 16.8. The van der Waals surface area contributed by atoms with Crippen LogP contribution in [0.4, 0.5) is 0 Å². The van der Waals surface area contributed by atoms with Crippen molar-refractivity contribution in [1.82, 2.24) is 4.90 Å². The monoisotopic (exact) mass is 337 g/mol. The molecule has 1 saturated heterocycles. The predicted molar refractivity (Wildman–Crippen MR) is 96.6 cm³/mol. The van der Waals surface area contributed by atoms with Crippen LogP contribution in [0.3, 0.4) is 0 Å². The number of carbonyl (C=O) groups excluding carboxylic acids is 1. The maximum absolute atomic E-state index is 12.7. The minimum Gasteiger partial charge on any atom is -0.478 e. The molecule has 0 radical (unpaired) electrons. The van der Waals surface area contributed by atoms with Gasteiger partial charge in [0.05, 0.1) is 12.0 Å². The summed E-state index contributed by atoms with van der Waals surface area (Å²) in [6, 6.07) is 17.3. The molecule has 130 valence electrons. The van der Waals surface area contributed by atoms with E-state index in [2.05, 4.69) is 12.1 Å².